The number of nitrogens with one attached hydrogen (secondary N) is 1. The fraction of sp³-hybridized carbons (Fsp3) is 0.120. The number of nitrogens with zero attached hydrogens (tertiary/aromatic N) is 1. The number of benzene rings is 3. The van der Waals surface area contributed by atoms with E-state index in [9.17, 15) is 9.90 Å². The Morgan fingerprint density at radius 2 is 2.03 bits per heavy atom. The molecular weight excluding hydrogens is 392 g/mol. The molecule has 4 aromatic rings. The number of hydrogen-bond donors (Lipinski definition) is 2. The number of carbonyl (C=O) groups excluding carboxylic acids is 1. The molecule has 0 aliphatic heterocycles. The monoisotopic (exact) mass is 414 g/mol. The highest BCUT2D eigenvalue weighted by Gasteiger charge is 2.14. The fourth-order valence-electron chi connectivity index (χ4n) is 3.47. The summed E-state index contributed by atoms with van der Waals surface area (Å²) in [6.45, 7) is 5.96. The molecule has 0 saturated carbocycles. The molecule has 0 fully saturated rings. The molecule has 0 unspecified atom stereocenters. The molecule has 1 aromatic heterocycles. The van der Waals surface area contributed by atoms with Gasteiger partial charge in [0.25, 0.3) is 0 Å². The van der Waals surface area contributed by atoms with E-state index in [1.807, 2.05) is 43.3 Å². The van der Waals surface area contributed by atoms with Crippen LogP contribution in [0.1, 0.15) is 28.6 Å². The summed E-state index contributed by atoms with van der Waals surface area (Å²) in [5.74, 6) is 0.166. The van der Waals surface area contributed by atoms with Crippen LogP contribution in [0.2, 0.25) is 0 Å². The van der Waals surface area contributed by atoms with Gasteiger partial charge in [0.15, 0.2) is 17.3 Å². The number of phenols is 1. The molecule has 0 spiro atoms. The summed E-state index contributed by atoms with van der Waals surface area (Å²) in [4.78, 5) is 12.5. The predicted octanol–water partition coefficient (Wildman–Crippen LogP) is 5.18. The van der Waals surface area contributed by atoms with Crippen LogP contribution in [0.3, 0.4) is 0 Å². The lowest BCUT2D eigenvalue weighted by Gasteiger charge is -2.10. The number of amides is 1. The summed E-state index contributed by atoms with van der Waals surface area (Å²) in [5, 5.41) is 17.3. The second kappa shape index (κ2) is 8.75. The molecule has 4 rings (SSSR count). The number of phenolic OH excluding ortho intramolecular Hbond substituents is 1. The van der Waals surface area contributed by atoms with Crippen LogP contribution in [0, 0.1) is 0 Å². The van der Waals surface area contributed by atoms with Gasteiger partial charge in [-0.1, -0.05) is 36.4 Å². The highest BCUT2D eigenvalue weighted by Crippen LogP contribution is 2.32. The van der Waals surface area contributed by atoms with E-state index >= 15 is 0 Å². The third-order valence-corrected chi connectivity index (χ3v) is 4.87. The Morgan fingerprint density at radius 3 is 2.84 bits per heavy atom. The molecule has 0 aliphatic carbocycles. The van der Waals surface area contributed by atoms with Crippen LogP contribution in [0.5, 0.6) is 11.5 Å². The van der Waals surface area contributed by atoms with Crippen molar-refractivity contribution in [1.29, 1.82) is 0 Å². The van der Waals surface area contributed by atoms with E-state index < -0.39 is 5.91 Å². The number of ether oxygens (including phenoxy) is 1. The van der Waals surface area contributed by atoms with Crippen molar-refractivity contribution in [2.45, 2.75) is 13.3 Å². The number of aromatic hydroxyl groups is 1. The number of allylic oxidation sites excluding steroid dienone is 1. The van der Waals surface area contributed by atoms with Crippen LogP contribution in [0.4, 0.5) is 0 Å². The molecule has 2 N–H and O–H groups in total. The van der Waals surface area contributed by atoms with E-state index in [2.05, 4.69) is 17.1 Å². The molecule has 1 amide bonds. The zero-order valence-corrected chi connectivity index (χ0v) is 17.1. The standard InChI is InChI=1S/C25H22N2O4/c1-3-7-18-12-16(13-22(24(18)28)30-4-2)15-26-27-25(29)23-14-20-19-9-6-5-8-17(19)10-11-21(20)31-23/h3,5-6,8-15,28H,1,4,7H2,2H3,(H,27,29). The maximum absolute atomic E-state index is 12.5. The first kappa shape index (κ1) is 20.2. The predicted molar refractivity (Wildman–Crippen MR) is 122 cm³/mol. The van der Waals surface area contributed by atoms with E-state index in [1.165, 1.54) is 6.21 Å². The third-order valence-electron chi connectivity index (χ3n) is 4.87. The molecule has 0 radical (unpaired) electrons. The first-order valence-electron chi connectivity index (χ1n) is 9.95. The smallest absolute Gasteiger partial charge is 0.307 e. The van der Waals surface area contributed by atoms with Crippen LogP contribution in [0.25, 0.3) is 21.7 Å². The van der Waals surface area contributed by atoms with Gasteiger partial charge in [0, 0.05) is 10.9 Å². The van der Waals surface area contributed by atoms with E-state index in [0.717, 1.165) is 16.2 Å². The van der Waals surface area contributed by atoms with Crippen LogP contribution in [-0.2, 0) is 6.42 Å². The summed E-state index contributed by atoms with van der Waals surface area (Å²) in [7, 11) is 0. The lowest BCUT2D eigenvalue weighted by Crippen LogP contribution is -2.16. The van der Waals surface area contributed by atoms with Crippen molar-refractivity contribution >= 4 is 33.9 Å². The number of carbonyl (C=O) groups is 1. The minimum Gasteiger partial charge on any atom is -0.504 e. The molecule has 6 nitrogen and oxygen atoms in total. The second-order valence-corrected chi connectivity index (χ2v) is 6.96. The topological polar surface area (TPSA) is 84.1 Å². The van der Waals surface area contributed by atoms with Gasteiger partial charge in [-0.3, -0.25) is 4.79 Å². The number of rotatable bonds is 7. The minimum absolute atomic E-state index is 0.0810. The Bertz CT molecular complexity index is 1300. The van der Waals surface area contributed by atoms with Crippen molar-refractivity contribution in [3.05, 3.63) is 84.1 Å². The van der Waals surface area contributed by atoms with E-state index in [4.69, 9.17) is 9.15 Å². The Morgan fingerprint density at radius 1 is 1.19 bits per heavy atom. The summed E-state index contributed by atoms with van der Waals surface area (Å²) >= 11 is 0. The number of fused-ring (bicyclic) bond motifs is 3. The molecule has 3 aromatic carbocycles. The minimum atomic E-state index is -0.452. The summed E-state index contributed by atoms with van der Waals surface area (Å²) < 4.78 is 11.2. The van der Waals surface area contributed by atoms with Crippen molar-refractivity contribution in [2.75, 3.05) is 6.61 Å². The van der Waals surface area contributed by atoms with E-state index in [-0.39, 0.29) is 11.5 Å². The van der Waals surface area contributed by atoms with Gasteiger partial charge in [0.1, 0.15) is 5.58 Å². The maximum atomic E-state index is 12.5. The zero-order chi connectivity index (χ0) is 21.8. The van der Waals surface area contributed by atoms with Crippen molar-refractivity contribution in [1.82, 2.24) is 5.43 Å². The lowest BCUT2D eigenvalue weighted by atomic mass is 10.1. The molecule has 6 heteroatoms. The Balaban J connectivity index is 1.56. The number of furan rings is 1. The molecule has 0 aliphatic rings. The zero-order valence-electron chi connectivity index (χ0n) is 17.1. The van der Waals surface area contributed by atoms with Gasteiger partial charge in [-0.2, -0.15) is 5.10 Å². The van der Waals surface area contributed by atoms with Crippen LogP contribution < -0.4 is 10.2 Å². The van der Waals surface area contributed by atoms with E-state index in [0.29, 0.717) is 35.5 Å². The summed E-state index contributed by atoms with van der Waals surface area (Å²) in [6.07, 6.45) is 3.66. The lowest BCUT2D eigenvalue weighted by molar-refractivity contribution is 0.0929. The first-order valence-corrected chi connectivity index (χ1v) is 9.95. The SMILES string of the molecule is C=CCc1cc(C=NNC(=O)c2cc3c(ccc4ccccc43)o2)cc(OCC)c1O. The average Bonchev–Trinajstić information content (AvgIpc) is 3.22. The quantitative estimate of drug-likeness (QED) is 0.248. The third kappa shape index (κ3) is 4.14. The van der Waals surface area contributed by atoms with Gasteiger partial charge in [0.2, 0.25) is 0 Å². The molecule has 1 heterocycles. The average molecular weight is 414 g/mol. The molecule has 156 valence electrons. The van der Waals surface area contributed by atoms with Gasteiger partial charge in [-0.05, 0) is 53.9 Å². The van der Waals surface area contributed by atoms with Crippen LogP contribution in [-0.4, -0.2) is 23.8 Å². The summed E-state index contributed by atoms with van der Waals surface area (Å²) in [6, 6.07) is 16.9. The first-order chi connectivity index (χ1) is 15.1. The molecular formula is C25H22N2O4. The van der Waals surface area contributed by atoms with Crippen molar-refractivity contribution < 1.29 is 19.1 Å². The summed E-state index contributed by atoms with van der Waals surface area (Å²) in [5.41, 5.74) is 4.47. The van der Waals surface area contributed by atoms with Gasteiger partial charge in [0.05, 0.1) is 12.8 Å². The Labute approximate surface area is 179 Å². The fourth-order valence-corrected chi connectivity index (χ4v) is 3.47. The molecule has 0 atom stereocenters. The Hall–Kier alpha value is -4.06. The van der Waals surface area contributed by atoms with Crippen LogP contribution in [0.15, 0.2) is 76.8 Å². The molecule has 0 saturated heterocycles. The van der Waals surface area contributed by atoms with Gasteiger partial charge >= 0.3 is 5.91 Å². The second-order valence-electron chi connectivity index (χ2n) is 6.96. The highest BCUT2D eigenvalue weighted by molar-refractivity contribution is 6.08. The molecule has 0 bridgehead atoms. The van der Waals surface area contributed by atoms with Gasteiger partial charge in [-0.15, -0.1) is 6.58 Å². The maximum Gasteiger partial charge on any atom is 0.307 e. The Kier molecular flexibility index (Phi) is 5.71. The molecule has 31 heavy (non-hydrogen) atoms. The van der Waals surface area contributed by atoms with Crippen molar-refractivity contribution in [3.8, 4) is 11.5 Å². The highest BCUT2D eigenvalue weighted by atomic mass is 16.5. The van der Waals surface area contributed by atoms with Crippen molar-refractivity contribution in [2.24, 2.45) is 5.10 Å². The van der Waals surface area contributed by atoms with Crippen LogP contribution >= 0.6 is 0 Å². The van der Waals surface area contributed by atoms with Gasteiger partial charge < -0.3 is 14.3 Å². The normalized spacial score (nSPS) is 11.3. The van der Waals surface area contributed by atoms with Crippen molar-refractivity contribution in [3.63, 3.8) is 0 Å². The van der Waals surface area contributed by atoms with E-state index in [1.54, 1.807) is 24.3 Å². The number of hydrogen-bond acceptors (Lipinski definition) is 5. The largest absolute Gasteiger partial charge is 0.504 e. The number of hydrazone groups is 1. The van der Waals surface area contributed by atoms with Gasteiger partial charge in [-0.25, -0.2) is 5.43 Å².